The fourth-order valence-electron chi connectivity index (χ4n) is 2.63. The standard InChI is InChI=1S/C18H40N2/c1-8-16(5)12-14-19(10-3)18(7)20(11-4)15-13-17(6)9-2/h16-18H,8-15H2,1-7H3. The summed E-state index contributed by atoms with van der Waals surface area (Å²) in [5.74, 6) is 1.71. The molecule has 0 bridgehead atoms. The monoisotopic (exact) mass is 284 g/mol. The van der Waals surface area contributed by atoms with Crippen molar-refractivity contribution in [2.75, 3.05) is 26.2 Å². The molecular formula is C18H40N2. The van der Waals surface area contributed by atoms with Gasteiger partial charge in [0, 0.05) is 0 Å². The third-order valence-electron chi connectivity index (χ3n) is 5.08. The Balaban J connectivity index is 4.33. The second-order valence-corrected chi connectivity index (χ2v) is 6.49. The highest BCUT2D eigenvalue weighted by Crippen LogP contribution is 2.14. The lowest BCUT2D eigenvalue weighted by Gasteiger charge is -2.37. The van der Waals surface area contributed by atoms with Gasteiger partial charge in [-0.1, -0.05) is 54.4 Å². The van der Waals surface area contributed by atoms with Crippen LogP contribution in [0, 0.1) is 11.8 Å². The van der Waals surface area contributed by atoms with E-state index in [1.807, 2.05) is 0 Å². The normalized spacial score (nSPS) is 16.6. The summed E-state index contributed by atoms with van der Waals surface area (Å²) in [4.78, 5) is 5.29. The van der Waals surface area contributed by atoms with Crippen LogP contribution in [-0.4, -0.2) is 42.1 Å². The van der Waals surface area contributed by atoms with E-state index in [0.717, 1.165) is 24.9 Å². The van der Waals surface area contributed by atoms with Gasteiger partial charge >= 0.3 is 0 Å². The van der Waals surface area contributed by atoms with E-state index in [1.54, 1.807) is 0 Å². The average Bonchev–Trinajstić information content (AvgIpc) is 2.47. The van der Waals surface area contributed by atoms with Crippen LogP contribution in [-0.2, 0) is 0 Å². The van der Waals surface area contributed by atoms with E-state index in [-0.39, 0.29) is 0 Å². The Hall–Kier alpha value is -0.0800. The van der Waals surface area contributed by atoms with Crippen molar-refractivity contribution in [3.63, 3.8) is 0 Å². The summed E-state index contributed by atoms with van der Waals surface area (Å²) in [6.45, 7) is 21.2. The predicted octanol–water partition coefficient (Wildman–Crippen LogP) is 4.85. The predicted molar refractivity (Wildman–Crippen MR) is 92.1 cm³/mol. The van der Waals surface area contributed by atoms with E-state index in [0.29, 0.717) is 6.17 Å². The first-order valence-electron chi connectivity index (χ1n) is 8.97. The van der Waals surface area contributed by atoms with Gasteiger partial charge in [-0.2, -0.15) is 0 Å². The van der Waals surface area contributed by atoms with Crippen molar-refractivity contribution in [3.05, 3.63) is 0 Å². The quantitative estimate of drug-likeness (QED) is 0.473. The highest BCUT2D eigenvalue weighted by atomic mass is 15.3. The van der Waals surface area contributed by atoms with Gasteiger partial charge in [0.2, 0.25) is 0 Å². The van der Waals surface area contributed by atoms with Gasteiger partial charge in [-0.05, 0) is 57.8 Å². The second kappa shape index (κ2) is 11.6. The van der Waals surface area contributed by atoms with Gasteiger partial charge in [0.25, 0.3) is 0 Å². The summed E-state index contributed by atoms with van der Waals surface area (Å²) < 4.78 is 0. The fourth-order valence-corrected chi connectivity index (χ4v) is 2.63. The largest absolute Gasteiger partial charge is 0.288 e. The highest BCUT2D eigenvalue weighted by Gasteiger charge is 2.19. The molecule has 0 N–H and O–H groups in total. The number of nitrogens with zero attached hydrogens (tertiary/aromatic N) is 2. The zero-order valence-corrected chi connectivity index (χ0v) is 15.3. The Morgan fingerprint density at radius 3 is 1.25 bits per heavy atom. The van der Waals surface area contributed by atoms with Crippen LogP contribution in [0.2, 0.25) is 0 Å². The number of hydrogen-bond donors (Lipinski definition) is 0. The Labute approximate surface area is 128 Å². The molecule has 0 aromatic rings. The van der Waals surface area contributed by atoms with Crippen molar-refractivity contribution in [1.29, 1.82) is 0 Å². The molecule has 0 aromatic heterocycles. The summed E-state index contributed by atoms with van der Waals surface area (Å²) in [6.07, 6.45) is 5.85. The molecule has 0 aliphatic carbocycles. The molecule has 122 valence electrons. The molecule has 0 aromatic carbocycles. The molecule has 0 aliphatic rings. The third kappa shape index (κ3) is 7.64. The van der Waals surface area contributed by atoms with Gasteiger partial charge in [-0.15, -0.1) is 0 Å². The van der Waals surface area contributed by atoms with E-state index in [4.69, 9.17) is 0 Å². The summed E-state index contributed by atoms with van der Waals surface area (Å²) >= 11 is 0. The van der Waals surface area contributed by atoms with Gasteiger partial charge in [0.05, 0.1) is 6.17 Å². The zero-order valence-electron chi connectivity index (χ0n) is 15.3. The van der Waals surface area contributed by atoms with E-state index >= 15 is 0 Å². The summed E-state index contributed by atoms with van der Waals surface area (Å²) in [6, 6.07) is 0. The van der Waals surface area contributed by atoms with Crippen LogP contribution < -0.4 is 0 Å². The Bertz CT molecular complexity index is 195. The minimum atomic E-state index is 0.582. The first-order chi connectivity index (χ1) is 9.49. The van der Waals surface area contributed by atoms with Crippen LogP contribution in [0.25, 0.3) is 0 Å². The zero-order chi connectivity index (χ0) is 15.5. The Kier molecular flexibility index (Phi) is 11.5. The lowest BCUT2D eigenvalue weighted by atomic mass is 10.0. The molecule has 0 aliphatic heterocycles. The molecule has 2 unspecified atom stereocenters. The summed E-state index contributed by atoms with van der Waals surface area (Å²) in [5.41, 5.74) is 0. The molecule has 0 amide bonds. The summed E-state index contributed by atoms with van der Waals surface area (Å²) in [7, 11) is 0. The van der Waals surface area contributed by atoms with E-state index in [1.165, 1.54) is 38.8 Å². The van der Waals surface area contributed by atoms with Crippen LogP contribution in [0.15, 0.2) is 0 Å². The Morgan fingerprint density at radius 1 is 0.650 bits per heavy atom. The van der Waals surface area contributed by atoms with Gasteiger partial charge in [-0.3, -0.25) is 9.80 Å². The molecule has 0 spiro atoms. The SMILES string of the molecule is CCC(C)CCN(CC)C(C)N(CC)CCC(C)CC. The molecule has 0 saturated heterocycles. The van der Waals surface area contributed by atoms with Gasteiger partial charge in [-0.25, -0.2) is 0 Å². The van der Waals surface area contributed by atoms with Crippen molar-refractivity contribution in [2.24, 2.45) is 11.8 Å². The van der Waals surface area contributed by atoms with Crippen molar-refractivity contribution in [3.8, 4) is 0 Å². The van der Waals surface area contributed by atoms with Crippen LogP contribution >= 0.6 is 0 Å². The molecule has 0 radical (unpaired) electrons. The van der Waals surface area contributed by atoms with E-state index < -0.39 is 0 Å². The minimum absolute atomic E-state index is 0.582. The van der Waals surface area contributed by atoms with Crippen molar-refractivity contribution < 1.29 is 0 Å². The average molecular weight is 285 g/mol. The molecule has 0 rings (SSSR count). The van der Waals surface area contributed by atoms with Crippen LogP contribution in [0.4, 0.5) is 0 Å². The molecule has 0 heterocycles. The molecule has 2 atom stereocenters. The first kappa shape index (κ1) is 19.9. The van der Waals surface area contributed by atoms with Crippen LogP contribution in [0.1, 0.15) is 74.1 Å². The third-order valence-corrected chi connectivity index (χ3v) is 5.08. The first-order valence-corrected chi connectivity index (χ1v) is 8.97. The fraction of sp³-hybridized carbons (Fsp3) is 1.00. The maximum atomic E-state index is 2.65. The van der Waals surface area contributed by atoms with Gasteiger partial charge < -0.3 is 0 Å². The second-order valence-electron chi connectivity index (χ2n) is 6.49. The summed E-state index contributed by atoms with van der Waals surface area (Å²) in [5, 5.41) is 0. The number of hydrogen-bond acceptors (Lipinski definition) is 2. The lowest BCUT2D eigenvalue weighted by molar-refractivity contribution is 0.0545. The molecule has 2 heteroatoms. The highest BCUT2D eigenvalue weighted by molar-refractivity contribution is 4.70. The van der Waals surface area contributed by atoms with Crippen molar-refractivity contribution >= 4 is 0 Å². The molecule has 0 fully saturated rings. The molecule has 2 nitrogen and oxygen atoms in total. The molecule has 20 heavy (non-hydrogen) atoms. The van der Waals surface area contributed by atoms with Crippen LogP contribution in [0.5, 0.6) is 0 Å². The van der Waals surface area contributed by atoms with Crippen molar-refractivity contribution in [1.82, 2.24) is 9.80 Å². The maximum absolute atomic E-state index is 2.65. The molecule has 0 saturated carbocycles. The Morgan fingerprint density at radius 2 is 1.00 bits per heavy atom. The van der Waals surface area contributed by atoms with Gasteiger partial charge in [0.15, 0.2) is 0 Å². The van der Waals surface area contributed by atoms with E-state index in [9.17, 15) is 0 Å². The van der Waals surface area contributed by atoms with Crippen LogP contribution in [0.3, 0.4) is 0 Å². The van der Waals surface area contributed by atoms with Gasteiger partial charge in [0.1, 0.15) is 0 Å². The topological polar surface area (TPSA) is 6.48 Å². The lowest BCUT2D eigenvalue weighted by Crippen LogP contribution is -2.47. The number of rotatable bonds is 12. The minimum Gasteiger partial charge on any atom is -0.288 e. The molecular weight excluding hydrogens is 244 g/mol. The van der Waals surface area contributed by atoms with Crippen molar-refractivity contribution in [2.45, 2.75) is 80.3 Å². The van der Waals surface area contributed by atoms with E-state index in [2.05, 4.69) is 58.3 Å². The smallest absolute Gasteiger partial charge is 0.0593 e. The maximum Gasteiger partial charge on any atom is 0.0593 e.